The van der Waals surface area contributed by atoms with Crippen molar-refractivity contribution in [3.63, 3.8) is 0 Å². The highest BCUT2D eigenvalue weighted by Gasteiger charge is 2.34. The van der Waals surface area contributed by atoms with E-state index in [1.54, 1.807) is 20.8 Å². The van der Waals surface area contributed by atoms with Crippen LogP contribution in [0.25, 0.3) is 17.0 Å². The smallest absolute Gasteiger partial charge is 0.435 e. The van der Waals surface area contributed by atoms with Gasteiger partial charge in [0, 0.05) is 12.3 Å². The minimum Gasteiger partial charge on any atom is -0.444 e. The molecule has 32 heavy (non-hydrogen) atoms. The molecule has 0 bridgehead atoms. The summed E-state index contributed by atoms with van der Waals surface area (Å²) >= 11 is 0. The Morgan fingerprint density at radius 1 is 1.22 bits per heavy atom. The number of alkyl halides is 3. The lowest BCUT2D eigenvalue weighted by Gasteiger charge is -2.20. The number of fused-ring (bicyclic) bond motifs is 1. The molecule has 0 saturated carbocycles. The van der Waals surface area contributed by atoms with Crippen molar-refractivity contribution in [2.24, 2.45) is 0 Å². The van der Waals surface area contributed by atoms with Gasteiger partial charge in [-0.05, 0) is 32.9 Å². The quantitative estimate of drug-likeness (QED) is 0.613. The van der Waals surface area contributed by atoms with Crippen LogP contribution in [0.15, 0.2) is 35.5 Å². The summed E-state index contributed by atoms with van der Waals surface area (Å²) in [6.07, 6.45) is -3.02. The van der Waals surface area contributed by atoms with Crippen LogP contribution in [-0.4, -0.2) is 45.4 Å². The Morgan fingerprint density at radius 3 is 2.50 bits per heavy atom. The average Bonchev–Trinajstić information content (AvgIpc) is 3.10. The summed E-state index contributed by atoms with van der Waals surface area (Å²) in [5, 5.41) is 5.83. The number of halogens is 3. The molecule has 3 aromatic rings. The number of amides is 1. The van der Waals surface area contributed by atoms with Crippen LogP contribution in [0.2, 0.25) is 0 Å². The molecule has 0 aromatic carbocycles. The van der Waals surface area contributed by atoms with Crippen molar-refractivity contribution in [2.75, 3.05) is 11.1 Å². The van der Waals surface area contributed by atoms with Crippen molar-refractivity contribution in [1.82, 2.24) is 19.6 Å². The predicted octanol–water partition coefficient (Wildman–Crippen LogP) is 3.95. The molecule has 172 valence electrons. The highest BCUT2D eigenvalue weighted by molar-refractivity contribution is 7.91. The number of hydrogen-bond donors (Lipinski definition) is 1. The number of nitrogens with zero attached hydrogens (tertiary/aromatic N) is 4. The molecule has 0 unspecified atom stereocenters. The molecule has 9 nitrogen and oxygen atoms in total. The summed E-state index contributed by atoms with van der Waals surface area (Å²) in [7, 11) is -3.84. The van der Waals surface area contributed by atoms with Gasteiger partial charge in [-0.25, -0.2) is 22.7 Å². The number of rotatable bonds is 4. The average molecular weight is 471 g/mol. The van der Waals surface area contributed by atoms with E-state index in [0.29, 0.717) is 0 Å². The molecule has 3 heterocycles. The third-order valence-corrected chi connectivity index (χ3v) is 5.81. The van der Waals surface area contributed by atoms with Crippen LogP contribution in [0.4, 0.5) is 23.7 Å². The lowest BCUT2D eigenvalue weighted by molar-refractivity contribution is -0.141. The molecule has 0 spiro atoms. The molecule has 1 amide bonds. The van der Waals surface area contributed by atoms with Gasteiger partial charge < -0.3 is 4.74 Å². The van der Waals surface area contributed by atoms with Crippen molar-refractivity contribution in [3.05, 3.63) is 36.3 Å². The molecule has 0 aliphatic rings. The van der Waals surface area contributed by atoms with Crippen molar-refractivity contribution < 1.29 is 31.1 Å². The van der Waals surface area contributed by atoms with Crippen LogP contribution >= 0.6 is 0 Å². The van der Waals surface area contributed by atoms with Crippen LogP contribution in [-0.2, 0) is 20.8 Å². The summed E-state index contributed by atoms with van der Waals surface area (Å²) in [6, 6.07) is 3.25. The number of hydrogen-bond acceptors (Lipinski definition) is 7. The first-order valence-corrected chi connectivity index (χ1v) is 11.0. The van der Waals surface area contributed by atoms with E-state index in [9.17, 15) is 26.4 Å². The maximum absolute atomic E-state index is 12.9. The van der Waals surface area contributed by atoms with Crippen LogP contribution < -0.4 is 5.32 Å². The monoisotopic (exact) mass is 471 g/mol. The van der Waals surface area contributed by atoms with E-state index in [2.05, 4.69) is 20.4 Å². The molecule has 13 heteroatoms. The first-order chi connectivity index (χ1) is 14.7. The highest BCUT2D eigenvalue weighted by atomic mass is 32.2. The zero-order valence-electron chi connectivity index (χ0n) is 17.6. The Bertz CT molecular complexity index is 1280. The predicted molar refractivity (Wildman–Crippen MR) is 109 cm³/mol. The Morgan fingerprint density at radius 2 is 1.91 bits per heavy atom. The first kappa shape index (κ1) is 23.4. The Balaban J connectivity index is 2.06. The lowest BCUT2D eigenvalue weighted by Crippen LogP contribution is -2.27. The molecule has 0 aliphatic heterocycles. The standard InChI is InChI=1S/C19H20F3N5O4S/c1-5-32(29,30)13-8-11(24-17(28)31-18(2,3)4)10-23-16(13)12-6-7-27-15(25-12)9-14(26-27)19(20,21)22/h6-10H,5H2,1-4H3,(H,24,28). The molecule has 1 N–H and O–H groups in total. The van der Waals surface area contributed by atoms with E-state index in [1.807, 2.05) is 0 Å². The van der Waals surface area contributed by atoms with E-state index in [0.717, 1.165) is 10.6 Å². The second-order valence-corrected chi connectivity index (χ2v) is 9.99. The van der Waals surface area contributed by atoms with E-state index in [-0.39, 0.29) is 33.4 Å². The fourth-order valence-electron chi connectivity index (χ4n) is 2.67. The largest absolute Gasteiger partial charge is 0.444 e. The molecule has 0 saturated heterocycles. The number of aromatic nitrogens is 4. The zero-order valence-corrected chi connectivity index (χ0v) is 18.4. The summed E-state index contributed by atoms with van der Waals surface area (Å²) in [4.78, 5) is 20.0. The van der Waals surface area contributed by atoms with Gasteiger partial charge in [0.1, 0.15) is 11.3 Å². The topological polar surface area (TPSA) is 116 Å². The summed E-state index contributed by atoms with van der Waals surface area (Å²) in [6.45, 7) is 6.44. The third kappa shape index (κ3) is 5.15. The van der Waals surface area contributed by atoms with Gasteiger partial charge >= 0.3 is 12.3 Å². The van der Waals surface area contributed by atoms with Crippen LogP contribution in [0.3, 0.4) is 0 Å². The van der Waals surface area contributed by atoms with Crippen LogP contribution in [0, 0.1) is 0 Å². The van der Waals surface area contributed by atoms with Crippen molar-refractivity contribution in [1.29, 1.82) is 0 Å². The number of pyridine rings is 1. The first-order valence-electron chi connectivity index (χ1n) is 9.36. The van der Waals surface area contributed by atoms with E-state index < -0.39 is 33.4 Å². The SMILES string of the molecule is CCS(=O)(=O)c1cc(NC(=O)OC(C)(C)C)cnc1-c1ccn2nc(C(F)(F)F)cc2n1. The van der Waals surface area contributed by atoms with Gasteiger partial charge in [0.15, 0.2) is 21.2 Å². The third-order valence-electron chi connectivity index (χ3n) is 4.07. The summed E-state index contributed by atoms with van der Waals surface area (Å²) in [5.74, 6) is -0.273. The van der Waals surface area contributed by atoms with Crippen molar-refractivity contribution >= 4 is 27.3 Å². The van der Waals surface area contributed by atoms with Crippen molar-refractivity contribution in [3.8, 4) is 11.4 Å². The molecule has 3 rings (SSSR count). The second kappa shape index (κ2) is 8.04. The molecule has 0 aliphatic carbocycles. The highest BCUT2D eigenvalue weighted by Crippen LogP contribution is 2.31. The Kier molecular flexibility index (Phi) is 5.89. The fourth-order valence-corrected chi connectivity index (χ4v) is 3.74. The number of sulfone groups is 1. The minimum absolute atomic E-state index is 0.0296. The second-order valence-electron chi connectivity index (χ2n) is 7.74. The van der Waals surface area contributed by atoms with Crippen LogP contribution in [0.1, 0.15) is 33.4 Å². The number of carbonyl (C=O) groups excluding carboxylic acids is 1. The summed E-state index contributed by atoms with van der Waals surface area (Å²) < 4.78 is 70.2. The van der Waals surface area contributed by atoms with Gasteiger partial charge in [-0.2, -0.15) is 18.3 Å². The maximum atomic E-state index is 12.9. The van der Waals surface area contributed by atoms with Crippen molar-refractivity contribution in [2.45, 2.75) is 44.4 Å². The van der Waals surface area contributed by atoms with Gasteiger partial charge in [0.2, 0.25) is 0 Å². The number of carbonyl (C=O) groups is 1. The van der Waals surface area contributed by atoms with Gasteiger partial charge in [-0.3, -0.25) is 10.3 Å². The zero-order chi connectivity index (χ0) is 23.9. The Hall–Kier alpha value is -3.22. The van der Waals surface area contributed by atoms with E-state index >= 15 is 0 Å². The summed E-state index contributed by atoms with van der Waals surface area (Å²) in [5.41, 5.74) is -2.00. The molecule has 0 atom stereocenters. The molecule has 0 radical (unpaired) electrons. The van der Waals surface area contributed by atoms with Gasteiger partial charge in [0.25, 0.3) is 0 Å². The van der Waals surface area contributed by atoms with E-state index in [1.165, 1.54) is 31.5 Å². The fraction of sp³-hybridized carbons (Fsp3) is 0.368. The molecular formula is C19H20F3N5O4S. The minimum atomic E-state index is -4.65. The maximum Gasteiger partial charge on any atom is 0.435 e. The number of anilines is 1. The van der Waals surface area contributed by atoms with Crippen LogP contribution in [0.5, 0.6) is 0 Å². The number of nitrogens with one attached hydrogen (secondary N) is 1. The van der Waals surface area contributed by atoms with Gasteiger partial charge in [-0.1, -0.05) is 6.92 Å². The number of ether oxygens (including phenoxy) is 1. The lowest BCUT2D eigenvalue weighted by atomic mass is 10.2. The normalized spacial score (nSPS) is 12.7. The van der Waals surface area contributed by atoms with E-state index in [4.69, 9.17) is 4.74 Å². The van der Waals surface area contributed by atoms with Gasteiger partial charge in [-0.15, -0.1) is 0 Å². The molecule has 3 aromatic heterocycles. The Labute approximate surface area is 181 Å². The molecular weight excluding hydrogens is 451 g/mol. The molecule has 0 fully saturated rings. The van der Waals surface area contributed by atoms with Gasteiger partial charge in [0.05, 0.1) is 28.2 Å².